The molecule has 158 valence electrons. The fourth-order valence-electron chi connectivity index (χ4n) is 3.64. The molecule has 1 saturated heterocycles. The Labute approximate surface area is 176 Å². The minimum Gasteiger partial charge on any atom is -0.492 e. The summed E-state index contributed by atoms with van der Waals surface area (Å²) in [7, 11) is 0. The molecule has 0 bridgehead atoms. The molecule has 2 heterocycles. The number of para-hydroxylation sites is 2. The predicted molar refractivity (Wildman–Crippen MR) is 114 cm³/mol. The van der Waals surface area contributed by atoms with E-state index in [4.69, 9.17) is 14.2 Å². The number of hydrogen-bond donors (Lipinski definition) is 1. The van der Waals surface area contributed by atoms with Gasteiger partial charge in [-0.1, -0.05) is 12.1 Å². The Balaban J connectivity index is 1.20. The highest BCUT2D eigenvalue weighted by Crippen LogP contribution is 2.24. The van der Waals surface area contributed by atoms with Gasteiger partial charge in [-0.2, -0.15) is 4.98 Å². The second-order valence-electron chi connectivity index (χ2n) is 7.35. The Morgan fingerprint density at radius 2 is 1.83 bits per heavy atom. The Bertz CT molecular complexity index is 929. The van der Waals surface area contributed by atoms with E-state index in [2.05, 4.69) is 14.9 Å². The van der Waals surface area contributed by atoms with Gasteiger partial charge in [-0.15, -0.1) is 0 Å². The third-order valence-electron chi connectivity index (χ3n) is 5.29. The molecule has 0 amide bonds. The maximum Gasteiger partial charge on any atom is 0.309 e. The standard InChI is InChI=1S/C23H27N3O4/c1-2-28-22(27)17-11-13-26(14-12-17)15-16-29-18-7-9-19(10-8-18)30-23-24-20-5-3-4-6-21(20)25-23/h3-10,17H,2,11-16H2,1H3,(H,24,25). The van der Waals surface area contributed by atoms with Crippen LogP contribution in [0.2, 0.25) is 0 Å². The monoisotopic (exact) mass is 409 g/mol. The summed E-state index contributed by atoms with van der Waals surface area (Å²) in [5.74, 6) is 1.48. The molecule has 0 saturated carbocycles. The maximum atomic E-state index is 11.8. The van der Waals surface area contributed by atoms with Crippen LogP contribution in [0, 0.1) is 5.92 Å². The molecule has 0 spiro atoms. The number of rotatable bonds is 8. The molecule has 7 heteroatoms. The van der Waals surface area contributed by atoms with Crippen molar-refractivity contribution in [2.24, 2.45) is 5.92 Å². The number of carbonyl (C=O) groups is 1. The van der Waals surface area contributed by atoms with Gasteiger partial charge in [0.2, 0.25) is 0 Å². The predicted octanol–water partition coefficient (Wildman–Crippen LogP) is 4.01. The molecule has 1 N–H and O–H groups in total. The highest BCUT2D eigenvalue weighted by Gasteiger charge is 2.25. The van der Waals surface area contributed by atoms with Crippen molar-refractivity contribution >= 4 is 17.0 Å². The van der Waals surface area contributed by atoms with Crippen molar-refractivity contribution in [2.75, 3.05) is 32.8 Å². The Kier molecular flexibility index (Phi) is 6.49. The first-order valence-electron chi connectivity index (χ1n) is 10.5. The summed E-state index contributed by atoms with van der Waals surface area (Å²) < 4.78 is 16.8. The molecule has 0 aliphatic carbocycles. The lowest BCUT2D eigenvalue weighted by Gasteiger charge is -2.30. The summed E-state index contributed by atoms with van der Waals surface area (Å²) in [6, 6.07) is 15.8. The van der Waals surface area contributed by atoms with Crippen LogP contribution in [0.25, 0.3) is 11.0 Å². The van der Waals surface area contributed by atoms with E-state index in [-0.39, 0.29) is 11.9 Å². The average Bonchev–Trinajstić information content (AvgIpc) is 3.18. The summed E-state index contributed by atoms with van der Waals surface area (Å²) in [6.07, 6.45) is 1.71. The van der Waals surface area contributed by atoms with Gasteiger partial charge < -0.3 is 19.2 Å². The molecular formula is C23H27N3O4. The van der Waals surface area contributed by atoms with Crippen LogP contribution in [0.4, 0.5) is 0 Å². The van der Waals surface area contributed by atoms with Crippen molar-refractivity contribution in [2.45, 2.75) is 19.8 Å². The third-order valence-corrected chi connectivity index (χ3v) is 5.29. The number of aromatic amines is 1. The SMILES string of the molecule is CCOC(=O)C1CCN(CCOc2ccc(Oc3nc4ccccc4[nH]3)cc2)CC1. The molecule has 7 nitrogen and oxygen atoms in total. The van der Waals surface area contributed by atoms with Crippen molar-refractivity contribution in [3.05, 3.63) is 48.5 Å². The van der Waals surface area contributed by atoms with Crippen molar-refractivity contribution in [1.82, 2.24) is 14.9 Å². The first-order chi connectivity index (χ1) is 14.7. The van der Waals surface area contributed by atoms with Crippen LogP contribution >= 0.6 is 0 Å². The van der Waals surface area contributed by atoms with Gasteiger partial charge >= 0.3 is 5.97 Å². The number of likely N-dealkylation sites (tertiary alicyclic amines) is 1. The number of benzene rings is 2. The van der Waals surface area contributed by atoms with E-state index in [0.717, 1.165) is 49.3 Å². The minimum absolute atomic E-state index is 0.0430. The first-order valence-corrected chi connectivity index (χ1v) is 10.5. The highest BCUT2D eigenvalue weighted by atomic mass is 16.5. The van der Waals surface area contributed by atoms with E-state index in [1.165, 1.54) is 0 Å². The fourth-order valence-corrected chi connectivity index (χ4v) is 3.64. The fraction of sp³-hybridized carbons (Fsp3) is 0.391. The Morgan fingerprint density at radius 1 is 1.10 bits per heavy atom. The number of esters is 1. The lowest BCUT2D eigenvalue weighted by atomic mass is 9.97. The summed E-state index contributed by atoms with van der Waals surface area (Å²) in [5.41, 5.74) is 1.82. The summed E-state index contributed by atoms with van der Waals surface area (Å²) in [5, 5.41) is 0. The van der Waals surface area contributed by atoms with Crippen LogP contribution < -0.4 is 9.47 Å². The van der Waals surface area contributed by atoms with Gasteiger partial charge in [-0.3, -0.25) is 9.69 Å². The molecular weight excluding hydrogens is 382 g/mol. The largest absolute Gasteiger partial charge is 0.492 e. The van der Waals surface area contributed by atoms with Crippen LogP contribution in [0.1, 0.15) is 19.8 Å². The number of nitrogens with zero attached hydrogens (tertiary/aromatic N) is 2. The summed E-state index contributed by atoms with van der Waals surface area (Å²) in [4.78, 5) is 21.7. The topological polar surface area (TPSA) is 76.7 Å². The van der Waals surface area contributed by atoms with Crippen LogP contribution in [0.15, 0.2) is 48.5 Å². The number of piperidine rings is 1. The van der Waals surface area contributed by atoms with E-state index < -0.39 is 0 Å². The quantitative estimate of drug-likeness (QED) is 0.567. The van der Waals surface area contributed by atoms with Gasteiger partial charge in [0.25, 0.3) is 6.01 Å². The average molecular weight is 409 g/mol. The first kappa shape index (κ1) is 20.2. The van der Waals surface area contributed by atoms with E-state index in [1.807, 2.05) is 55.5 Å². The molecule has 0 unspecified atom stereocenters. The number of aromatic nitrogens is 2. The van der Waals surface area contributed by atoms with Crippen molar-refractivity contribution in [3.63, 3.8) is 0 Å². The van der Waals surface area contributed by atoms with Crippen LogP contribution in [-0.4, -0.2) is 53.7 Å². The third kappa shape index (κ3) is 5.10. The van der Waals surface area contributed by atoms with Crippen LogP contribution in [0.3, 0.4) is 0 Å². The normalized spacial score (nSPS) is 15.2. The van der Waals surface area contributed by atoms with E-state index >= 15 is 0 Å². The second-order valence-corrected chi connectivity index (χ2v) is 7.35. The molecule has 0 radical (unpaired) electrons. The number of H-pyrrole nitrogens is 1. The summed E-state index contributed by atoms with van der Waals surface area (Å²) >= 11 is 0. The van der Waals surface area contributed by atoms with Gasteiger partial charge in [0.15, 0.2) is 0 Å². The minimum atomic E-state index is -0.0571. The molecule has 1 fully saturated rings. The molecule has 0 atom stereocenters. The van der Waals surface area contributed by atoms with Gasteiger partial charge in [-0.25, -0.2) is 0 Å². The number of nitrogens with one attached hydrogen (secondary N) is 1. The lowest BCUT2D eigenvalue weighted by molar-refractivity contribution is -0.149. The lowest BCUT2D eigenvalue weighted by Crippen LogP contribution is -2.39. The second kappa shape index (κ2) is 9.63. The van der Waals surface area contributed by atoms with E-state index in [1.54, 1.807) is 0 Å². The number of imidazole rings is 1. The maximum absolute atomic E-state index is 11.8. The molecule has 1 aromatic heterocycles. The van der Waals surface area contributed by atoms with Crippen molar-refractivity contribution in [3.8, 4) is 17.5 Å². The van der Waals surface area contributed by atoms with Gasteiger partial charge in [0.05, 0.1) is 23.6 Å². The smallest absolute Gasteiger partial charge is 0.309 e. The molecule has 1 aliphatic heterocycles. The molecule has 3 aromatic rings. The van der Waals surface area contributed by atoms with Crippen molar-refractivity contribution < 1.29 is 19.0 Å². The molecule has 2 aromatic carbocycles. The zero-order valence-electron chi connectivity index (χ0n) is 17.2. The van der Waals surface area contributed by atoms with Crippen LogP contribution in [-0.2, 0) is 9.53 Å². The molecule has 1 aliphatic rings. The zero-order valence-corrected chi connectivity index (χ0v) is 17.2. The molecule has 30 heavy (non-hydrogen) atoms. The van der Waals surface area contributed by atoms with E-state index in [0.29, 0.717) is 25.0 Å². The van der Waals surface area contributed by atoms with Crippen molar-refractivity contribution in [1.29, 1.82) is 0 Å². The molecule has 4 rings (SSSR count). The van der Waals surface area contributed by atoms with E-state index in [9.17, 15) is 4.79 Å². The van der Waals surface area contributed by atoms with Crippen LogP contribution in [0.5, 0.6) is 17.5 Å². The van der Waals surface area contributed by atoms with Gasteiger partial charge in [0, 0.05) is 6.54 Å². The summed E-state index contributed by atoms with van der Waals surface area (Å²) in [6.45, 7) is 5.55. The number of fused-ring (bicyclic) bond motifs is 1. The Morgan fingerprint density at radius 3 is 2.57 bits per heavy atom. The Hall–Kier alpha value is -3.06. The highest BCUT2D eigenvalue weighted by molar-refractivity contribution is 5.75. The van der Waals surface area contributed by atoms with Gasteiger partial charge in [0.1, 0.15) is 18.1 Å². The number of carbonyl (C=O) groups excluding carboxylic acids is 1. The number of ether oxygens (including phenoxy) is 3. The van der Waals surface area contributed by atoms with Gasteiger partial charge in [-0.05, 0) is 69.3 Å². The number of hydrogen-bond acceptors (Lipinski definition) is 6. The zero-order chi connectivity index (χ0) is 20.8.